The highest BCUT2D eigenvalue weighted by atomic mass is 35.5. The number of nitrogens with zero attached hydrogens (tertiary/aromatic N) is 2. The maximum atomic E-state index is 6.39. The van der Waals surface area contributed by atoms with Crippen LogP contribution in [0.3, 0.4) is 0 Å². The van der Waals surface area contributed by atoms with Crippen molar-refractivity contribution in [3.63, 3.8) is 0 Å². The van der Waals surface area contributed by atoms with Crippen molar-refractivity contribution >= 4 is 46.0 Å². The molecule has 5 heteroatoms. The second-order valence-corrected chi connectivity index (χ2v) is 8.00. The van der Waals surface area contributed by atoms with Gasteiger partial charge < -0.3 is 4.57 Å². The van der Waals surface area contributed by atoms with Gasteiger partial charge in [-0.2, -0.15) is 11.8 Å². The summed E-state index contributed by atoms with van der Waals surface area (Å²) in [5.41, 5.74) is 2.12. The summed E-state index contributed by atoms with van der Waals surface area (Å²) in [5, 5.41) is 1.38. The van der Waals surface area contributed by atoms with Crippen LogP contribution in [0.15, 0.2) is 18.2 Å². The van der Waals surface area contributed by atoms with Gasteiger partial charge in [-0.15, -0.1) is 11.6 Å². The lowest BCUT2D eigenvalue weighted by Crippen LogP contribution is -2.22. The number of thioether (sulfide) groups is 1. The molecule has 0 N–H and O–H groups in total. The van der Waals surface area contributed by atoms with Crippen molar-refractivity contribution in [3.8, 4) is 0 Å². The summed E-state index contributed by atoms with van der Waals surface area (Å²) in [6.07, 6.45) is 7.22. The largest absolute Gasteiger partial charge is 0.324 e. The van der Waals surface area contributed by atoms with Crippen LogP contribution in [-0.4, -0.2) is 21.1 Å². The predicted molar refractivity (Wildman–Crippen MR) is 93.8 cm³/mol. The van der Waals surface area contributed by atoms with Crippen LogP contribution in [0.25, 0.3) is 11.0 Å². The lowest BCUT2D eigenvalue weighted by molar-refractivity contribution is 0.360. The number of aromatic nitrogens is 2. The molecule has 0 amide bonds. The second kappa shape index (κ2) is 6.39. The van der Waals surface area contributed by atoms with Crippen molar-refractivity contribution in [2.45, 2.75) is 49.3 Å². The third kappa shape index (κ3) is 3.06. The van der Waals surface area contributed by atoms with Crippen molar-refractivity contribution in [1.82, 2.24) is 9.55 Å². The molecule has 3 atom stereocenters. The standard InChI is InChI=1S/C16H20Cl2N2S/c1-10(17)16-19-14-8-11(18)6-7-15(14)20(16)12-4-3-5-13(9-12)21-2/h6-8,10,12-13H,3-5,9H2,1-2H3. The van der Waals surface area contributed by atoms with Gasteiger partial charge in [-0.1, -0.05) is 18.0 Å². The molecular weight excluding hydrogens is 323 g/mol. The zero-order valence-electron chi connectivity index (χ0n) is 12.4. The number of benzene rings is 1. The molecule has 1 aliphatic rings. The molecule has 3 rings (SSSR count). The first-order valence-corrected chi connectivity index (χ1v) is 9.54. The fourth-order valence-corrected chi connectivity index (χ4v) is 4.46. The van der Waals surface area contributed by atoms with Crippen molar-refractivity contribution in [3.05, 3.63) is 29.0 Å². The molecule has 2 aromatic rings. The van der Waals surface area contributed by atoms with Gasteiger partial charge >= 0.3 is 0 Å². The smallest absolute Gasteiger partial charge is 0.127 e. The molecule has 1 heterocycles. The molecule has 21 heavy (non-hydrogen) atoms. The maximum absolute atomic E-state index is 6.39. The molecule has 2 nitrogen and oxygen atoms in total. The molecule has 114 valence electrons. The van der Waals surface area contributed by atoms with E-state index in [1.54, 1.807) is 0 Å². The van der Waals surface area contributed by atoms with Crippen LogP contribution in [0.5, 0.6) is 0 Å². The highest BCUT2D eigenvalue weighted by Gasteiger charge is 2.27. The van der Waals surface area contributed by atoms with Crippen LogP contribution >= 0.6 is 35.0 Å². The van der Waals surface area contributed by atoms with Gasteiger partial charge in [0.25, 0.3) is 0 Å². The third-order valence-electron chi connectivity index (χ3n) is 4.33. The number of halogens is 2. The van der Waals surface area contributed by atoms with E-state index < -0.39 is 0 Å². The molecule has 1 aromatic heterocycles. The average molecular weight is 343 g/mol. The predicted octanol–water partition coefficient (Wildman–Crippen LogP) is 5.84. The van der Waals surface area contributed by atoms with Crippen molar-refractivity contribution in [2.75, 3.05) is 6.26 Å². The van der Waals surface area contributed by atoms with Gasteiger partial charge in [-0.05, 0) is 50.6 Å². The Kier molecular flexibility index (Phi) is 4.72. The fraction of sp³-hybridized carbons (Fsp3) is 0.562. The van der Waals surface area contributed by atoms with Gasteiger partial charge in [0, 0.05) is 16.3 Å². The van der Waals surface area contributed by atoms with Crippen LogP contribution in [-0.2, 0) is 0 Å². The van der Waals surface area contributed by atoms with E-state index in [0.717, 1.165) is 27.1 Å². The van der Waals surface area contributed by atoms with Crippen LogP contribution in [0.2, 0.25) is 5.02 Å². The first-order valence-electron chi connectivity index (χ1n) is 7.44. The van der Waals surface area contributed by atoms with Crippen LogP contribution in [0.1, 0.15) is 49.9 Å². The Labute approximate surface area is 140 Å². The van der Waals surface area contributed by atoms with Crippen molar-refractivity contribution in [2.24, 2.45) is 0 Å². The highest BCUT2D eigenvalue weighted by molar-refractivity contribution is 7.99. The highest BCUT2D eigenvalue weighted by Crippen LogP contribution is 2.38. The molecule has 0 saturated heterocycles. The molecule has 1 aliphatic carbocycles. The summed E-state index contributed by atoms with van der Waals surface area (Å²) in [6, 6.07) is 6.46. The monoisotopic (exact) mass is 342 g/mol. The fourth-order valence-electron chi connectivity index (χ4n) is 3.32. The molecule has 3 unspecified atom stereocenters. The minimum absolute atomic E-state index is 0.0918. The number of hydrogen-bond donors (Lipinski definition) is 0. The van der Waals surface area contributed by atoms with E-state index in [1.165, 1.54) is 25.7 Å². The quantitative estimate of drug-likeness (QED) is 0.652. The zero-order valence-corrected chi connectivity index (χ0v) is 14.7. The SMILES string of the molecule is CSC1CCCC(n2c(C(C)Cl)nc3cc(Cl)ccc32)C1. The molecule has 0 spiro atoms. The van der Waals surface area contributed by atoms with E-state index in [-0.39, 0.29) is 5.38 Å². The second-order valence-electron chi connectivity index (χ2n) is 5.77. The summed E-state index contributed by atoms with van der Waals surface area (Å²) in [7, 11) is 0. The Balaban J connectivity index is 2.08. The van der Waals surface area contributed by atoms with Crippen molar-refractivity contribution < 1.29 is 0 Å². The summed E-state index contributed by atoms with van der Waals surface area (Å²) in [5.74, 6) is 0.973. The van der Waals surface area contributed by atoms with E-state index in [4.69, 9.17) is 28.2 Å². The minimum atomic E-state index is -0.0918. The third-order valence-corrected chi connectivity index (χ3v) is 5.86. The lowest BCUT2D eigenvalue weighted by atomic mass is 9.94. The van der Waals surface area contributed by atoms with E-state index in [9.17, 15) is 0 Å². The van der Waals surface area contributed by atoms with E-state index in [2.05, 4.69) is 16.9 Å². The lowest BCUT2D eigenvalue weighted by Gasteiger charge is -2.31. The Bertz CT molecular complexity index is 638. The molecule has 1 fully saturated rings. The van der Waals surface area contributed by atoms with Gasteiger partial charge in [-0.3, -0.25) is 0 Å². The zero-order chi connectivity index (χ0) is 15.0. The summed E-state index contributed by atoms with van der Waals surface area (Å²) in [6.45, 7) is 2.00. The molecule has 1 aromatic carbocycles. The summed E-state index contributed by atoms with van der Waals surface area (Å²) < 4.78 is 2.37. The van der Waals surface area contributed by atoms with Gasteiger partial charge in [0.1, 0.15) is 5.82 Å². The van der Waals surface area contributed by atoms with Crippen molar-refractivity contribution in [1.29, 1.82) is 0 Å². The molecule has 0 radical (unpaired) electrons. The number of rotatable bonds is 3. The maximum Gasteiger partial charge on any atom is 0.127 e. The number of imidazole rings is 1. The topological polar surface area (TPSA) is 17.8 Å². The molecule has 0 aliphatic heterocycles. The van der Waals surface area contributed by atoms with Crippen LogP contribution in [0, 0.1) is 0 Å². The Hall–Kier alpha value is -0.380. The normalized spacial score (nSPS) is 24.4. The van der Waals surface area contributed by atoms with Crippen LogP contribution < -0.4 is 0 Å². The van der Waals surface area contributed by atoms with Gasteiger partial charge in [0.2, 0.25) is 0 Å². The van der Waals surface area contributed by atoms with Gasteiger partial charge in [0.15, 0.2) is 0 Å². The molecule has 1 saturated carbocycles. The van der Waals surface area contributed by atoms with Gasteiger partial charge in [-0.25, -0.2) is 4.98 Å². The Morgan fingerprint density at radius 1 is 1.38 bits per heavy atom. The number of hydrogen-bond acceptors (Lipinski definition) is 2. The Morgan fingerprint density at radius 3 is 2.90 bits per heavy atom. The molecular formula is C16H20Cl2N2S. The number of alkyl halides is 1. The molecule has 0 bridgehead atoms. The van der Waals surface area contributed by atoms with Crippen LogP contribution in [0.4, 0.5) is 0 Å². The van der Waals surface area contributed by atoms with E-state index >= 15 is 0 Å². The minimum Gasteiger partial charge on any atom is -0.324 e. The first-order chi connectivity index (χ1) is 10.1. The average Bonchev–Trinajstić information content (AvgIpc) is 2.86. The summed E-state index contributed by atoms with van der Waals surface area (Å²) in [4.78, 5) is 4.74. The van der Waals surface area contributed by atoms with E-state index in [0.29, 0.717) is 6.04 Å². The van der Waals surface area contributed by atoms with Gasteiger partial charge in [0.05, 0.1) is 16.4 Å². The summed E-state index contributed by atoms with van der Waals surface area (Å²) >= 11 is 14.5. The van der Waals surface area contributed by atoms with E-state index in [1.807, 2.05) is 30.8 Å². The number of fused-ring (bicyclic) bond motifs is 1. The first kappa shape index (κ1) is 15.5. The Morgan fingerprint density at radius 2 is 2.19 bits per heavy atom.